The monoisotopic (exact) mass is 328 g/mol. The molecule has 0 aliphatic heterocycles. The summed E-state index contributed by atoms with van der Waals surface area (Å²) >= 11 is 3.55. The van der Waals surface area contributed by atoms with Gasteiger partial charge in [0.05, 0.1) is 4.47 Å². The fourth-order valence-electron chi connectivity index (χ4n) is 2.37. The average Bonchev–Trinajstić information content (AvgIpc) is 3.21. The first-order valence-electron chi connectivity index (χ1n) is 6.69. The van der Waals surface area contributed by atoms with E-state index in [2.05, 4.69) is 39.1 Å². The Morgan fingerprint density at radius 2 is 2.15 bits per heavy atom. The largest absolute Gasteiger partial charge is 0.456 e. The van der Waals surface area contributed by atoms with Crippen molar-refractivity contribution in [2.75, 3.05) is 0 Å². The molecule has 4 heteroatoms. The number of nitrogens with zero attached hydrogens (tertiary/aromatic N) is 2. The van der Waals surface area contributed by atoms with Crippen molar-refractivity contribution in [3.8, 4) is 11.5 Å². The van der Waals surface area contributed by atoms with Gasteiger partial charge in [0.25, 0.3) is 0 Å². The Bertz CT molecular complexity index is 777. The van der Waals surface area contributed by atoms with Crippen molar-refractivity contribution < 1.29 is 4.74 Å². The van der Waals surface area contributed by atoms with Gasteiger partial charge in [-0.3, -0.25) is 0 Å². The topological polar surface area (TPSA) is 26.5 Å². The third-order valence-corrected chi connectivity index (χ3v) is 4.18. The second kappa shape index (κ2) is 4.63. The highest BCUT2D eigenvalue weighted by Gasteiger charge is 2.23. The third-order valence-electron chi connectivity index (χ3n) is 3.58. The quantitative estimate of drug-likeness (QED) is 0.692. The average molecular weight is 329 g/mol. The van der Waals surface area contributed by atoms with E-state index >= 15 is 0 Å². The molecule has 0 unspecified atom stereocenters. The van der Waals surface area contributed by atoms with E-state index in [0.29, 0.717) is 0 Å². The summed E-state index contributed by atoms with van der Waals surface area (Å²) in [5.74, 6) is 2.40. The van der Waals surface area contributed by atoms with Crippen LogP contribution in [0.4, 0.5) is 0 Å². The standard InChI is InChI=1S/C16H13BrN2O/c17-14-10-19-7-6-18-16(19)9-15(14)20-13-3-1-2-12(8-13)11-4-5-11/h1-3,6-11H,4-5H2. The van der Waals surface area contributed by atoms with Gasteiger partial charge in [-0.05, 0) is 52.4 Å². The molecule has 4 rings (SSSR count). The Hall–Kier alpha value is -1.81. The lowest BCUT2D eigenvalue weighted by Gasteiger charge is -2.09. The first-order valence-corrected chi connectivity index (χ1v) is 7.49. The number of pyridine rings is 1. The first-order chi connectivity index (χ1) is 9.79. The second-order valence-electron chi connectivity index (χ2n) is 5.13. The molecule has 0 saturated heterocycles. The maximum absolute atomic E-state index is 6.01. The summed E-state index contributed by atoms with van der Waals surface area (Å²) in [7, 11) is 0. The Balaban J connectivity index is 1.69. The lowest BCUT2D eigenvalue weighted by Crippen LogP contribution is -1.90. The number of halogens is 1. The molecule has 0 spiro atoms. The lowest BCUT2D eigenvalue weighted by atomic mass is 10.1. The molecule has 20 heavy (non-hydrogen) atoms. The predicted octanol–water partition coefficient (Wildman–Crippen LogP) is 4.77. The van der Waals surface area contributed by atoms with Crippen molar-refractivity contribution in [1.29, 1.82) is 0 Å². The lowest BCUT2D eigenvalue weighted by molar-refractivity contribution is 0.478. The van der Waals surface area contributed by atoms with Crippen LogP contribution in [-0.4, -0.2) is 9.38 Å². The summed E-state index contributed by atoms with van der Waals surface area (Å²) in [5.41, 5.74) is 2.25. The van der Waals surface area contributed by atoms with Crippen molar-refractivity contribution in [1.82, 2.24) is 9.38 Å². The number of fused-ring (bicyclic) bond motifs is 1. The molecule has 1 aliphatic carbocycles. The summed E-state index contributed by atoms with van der Waals surface area (Å²) in [5, 5.41) is 0. The van der Waals surface area contributed by atoms with Crippen LogP contribution >= 0.6 is 15.9 Å². The molecular weight excluding hydrogens is 316 g/mol. The molecule has 1 aromatic carbocycles. The van der Waals surface area contributed by atoms with Crippen LogP contribution in [0.3, 0.4) is 0 Å². The Labute approximate surface area is 125 Å². The van der Waals surface area contributed by atoms with Crippen LogP contribution in [0, 0.1) is 0 Å². The number of hydrogen-bond donors (Lipinski definition) is 0. The van der Waals surface area contributed by atoms with Gasteiger partial charge in [0.2, 0.25) is 0 Å². The Kier molecular flexibility index (Phi) is 2.77. The molecule has 3 aromatic rings. The molecule has 0 radical (unpaired) electrons. The summed E-state index contributed by atoms with van der Waals surface area (Å²) in [6.07, 6.45) is 8.25. The molecule has 100 valence electrons. The highest BCUT2D eigenvalue weighted by atomic mass is 79.9. The van der Waals surface area contributed by atoms with Crippen LogP contribution in [-0.2, 0) is 0 Å². The maximum atomic E-state index is 6.01. The molecule has 1 saturated carbocycles. The number of aromatic nitrogens is 2. The summed E-state index contributed by atoms with van der Waals surface area (Å²) in [4.78, 5) is 4.28. The maximum Gasteiger partial charge on any atom is 0.146 e. The minimum Gasteiger partial charge on any atom is -0.456 e. The summed E-state index contributed by atoms with van der Waals surface area (Å²) in [6.45, 7) is 0. The van der Waals surface area contributed by atoms with E-state index in [1.54, 1.807) is 6.20 Å². The van der Waals surface area contributed by atoms with Crippen LogP contribution in [0.25, 0.3) is 5.65 Å². The van der Waals surface area contributed by atoms with Gasteiger partial charge in [-0.1, -0.05) is 12.1 Å². The van der Waals surface area contributed by atoms with Crippen molar-refractivity contribution in [3.05, 3.63) is 59.0 Å². The van der Waals surface area contributed by atoms with E-state index in [0.717, 1.165) is 27.5 Å². The molecule has 2 heterocycles. The third kappa shape index (κ3) is 2.20. The zero-order chi connectivity index (χ0) is 13.5. The molecular formula is C16H13BrN2O. The predicted molar refractivity (Wildman–Crippen MR) is 81.4 cm³/mol. The molecule has 2 aromatic heterocycles. The van der Waals surface area contributed by atoms with Crippen LogP contribution in [0.2, 0.25) is 0 Å². The van der Waals surface area contributed by atoms with E-state index in [4.69, 9.17) is 4.74 Å². The number of rotatable bonds is 3. The summed E-state index contributed by atoms with van der Waals surface area (Å²) < 4.78 is 8.88. The Morgan fingerprint density at radius 1 is 1.25 bits per heavy atom. The first kappa shape index (κ1) is 12.0. The fraction of sp³-hybridized carbons (Fsp3) is 0.188. The summed E-state index contributed by atoms with van der Waals surface area (Å²) in [6, 6.07) is 10.3. The van der Waals surface area contributed by atoms with Crippen molar-refractivity contribution in [2.45, 2.75) is 18.8 Å². The second-order valence-corrected chi connectivity index (χ2v) is 5.98. The molecule has 0 N–H and O–H groups in total. The zero-order valence-corrected chi connectivity index (χ0v) is 12.4. The van der Waals surface area contributed by atoms with Crippen molar-refractivity contribution in [3.63, 3.8) is 0 Å². The van der Waals surface area contributed by atoms with Crippen LogP contribution in [0.15, 0.2) is 53.4 Å². The van der Waals surface area contributed by atoms with Crippen molar-refractivity contribution >= 4 is 21.6 Å². The minimum absolute atomic E-state index is 0.733. The van der Waals surface area contributed by atoms with Crippen LogP contribution in [0.5, 0.6) is 11.5 Å². The van der Waals surface area contributed by atoms with Gasteiger partial charge in [0.1, 0.15) is 17.1 Å². The fourth-order valence-corrected chi connectivity index (χ4v) is 2.79. The normalized spacial score (nSPS) is 14.7. The smallest absolute Gasteiger partial charge is 0.146 e. The molecule has 3 nitrogen and oxygen atoms in total. The minimum atomic E-state index is 0.733. The van der Waals surface area contributed by atoms with E-state index in [9.17, 15) is 0 Å². The number of benzene rings is 1. The van der Waals surface area contributed by atoms with E-state index in [1.165, 1.54) is 18.4 Å². The van der Waals surface area contributed by atoms with Gasteiger partial charge in [0.15, 0.2) is 0 Å². The van der Waals surface area contributed by atoms with Gasteiger partial charge in [-0.2, -0.15) is 0 Å². The van der Waals surface area contributed by atoms with Crippen LogP contribution in [0.1, 0.15) is 24.3 Å². The van der Waals surface area contributed by atoms with Gasteiger partial charge in [-0.25, -0.2) is 4.98 Å². The van der Waals surface area contributed by atoms with E-state index < -0.39 is 0 Å². The number of hydrogen-bond acceptors (Lipinski definition) is 2. The van der Waals surface area contributed by atoms with Gasteiger partial charge in [-0.15, -0.1) is 0 Å². The molecule has 0 amide bonds. The molecule has 0 bridgehead atoms. The Morgan fingerprint density at radius 3 is 3.00 bits per heavy atom. The van der Waals surface area contributed by atoms with Crippen LogP contribution < -0.4 is 4.74 Å². The molecule has 1 fully saturated rings. The molecule has 1 aliphatic rings. The highest BCUT2D eigenvalue weighted by molar-refractivity contribution is 9.10. The number of ether oxygens (including phenoxy) is 1. The van der Waals surface area contributed by atoms with Gasteiger partial charge >= 0.3 is 0 Å². The van der Waals surface area contributed by atoms with Crippen molar-refractivity contribution in [2.24, 2.45) is 0 Å². The van der Waals surface area contributed by atoms with Gasteiger partial charge < -0.3 is 9.14 Å². The zero-order valence-electron chi connectivity index (χ0n) is 10.8. The van der Waals surface area contributed by atoms with E-state index in [1.807, 2.05) is 28.9 Å². The SMILES string of the molecule is Brc1cn2ccnc2cc1Oc1cccc(C2CC2)c1. The van der Waals surface area contributed by atoms with Gasteiger partial charge in [0, 0.05) is 24.7 Å². The molecule has 0 atom stereocenters. The van der Waals surface area contributed by atoms with E-state index in [-0.39, 0.29) is 0 Å². The number of imidazole rings is 1. The highest BCUT2D eigenvalue weighted by Crippen LogP contribution is 2.41.